The third-order valence-electron chi connectivity index (χ3n) is 6.26. The molecular formula is C32H48N2O2. The van der Waals surface area contributed by atoms with Crippen LogP contribution >= 0.6 is 0 Å². The van der Waals surface area contributed by atoms with Gasteiger partial charge in [0.2, 0.25) is 0 Å². The number of hydrogen-bond donors (Lipinski definition) is 1. The Balaban J connectivity index is 0.000000458. The van der Waals surface area contributed by atoms with Gasteiger partial charge in [-0.25, -0.2) is 0 Å². The van der Waals surface area contributed by atoms with Crippen molar-refractivity contribution in [2.24, 2.45) is 0 Å². The van der Waals surface area contributed by atoms with Crippen molar-refractivity contribution < 1.29 is 9.53 Å². The van der Waals surface area contributed by atoms with Gasteiger partial charge in [-0.3, -0.25) is 9.69 Å². The molecule has 4 nitrogen and oxygen atoms in total. The fourth-order valence-electron chi connectivity index (χ4n) is 4.09. The van der Waals surface area contributed by atoms with Crippen molar-refractivity contribution in [2.45, 2.75) is 80.2 Å². The molecule has 2 heterocycles. The van der Waals surface area contributed by atoms with Crippen LogP contribution in [-0.2, 0) is 16.1 Å². The Bertz CT molecular complexity index is 1080. The molecule has 2 aromatic rings. The van der Waals surface area contributed by atoms with E-state index in [1.54, 1.807) is 0 Å². The van der Waals surface area contributed by atoms with Gasteiger partial charge in [-0.2, -0.15) is 0 Å². The zero-order chi connectivity index (χ0) is 27.3. The molecule has 3 rings (SSSR count). The monoisotopic (exact) mass is 492 g/mol. The molecule has 0 amide bonds. The molecule has 1 aliphatic heterocycles. The van der Waals surface area contributed by atoms with Gasteiger partial charge >= 0.3 is 5.97 Å². The van der Waals surface area contributed by atoms with E-state index < -0.39 is 0 Å². The minimum absolute atomic E-state index is 0.155. The van der Waals surface area contributed by atoms with E-state index >= 15 is 0 Å². The molecule has 0 spiro atoms. The Hall–Kier alpha value is -2.85. The first kappa shape index (κ1) is 31.2. The van der Waals surface area contributed by atoms with Crippen molar-refractivity contribution in [3.63, 3.8) is 0 Å². The van der Waals surface area contributed by atoms with Crippen molar-refractivity contribution in [3.8, 4) is 0 Å². The Labute approximate surface area is 219 Å². The number of nitrogens with one attached hydrogen (secondary N) is 1. The van der Waals surface area contributed by atoms with Gasteiger partial charge in [0.25, 0.3) is 0 Å². The van der Waals surface area contributed by atoms with E-state index in [9.17, 15) is 4.79 Å². The molecule has 0 fully saturated rings. The Morgan fingerprint density at radius 1 is 1.14 bits per heavy atom. The number of rotatable bonds is 4. The van der Waals surface area contributed by atoms with Crippen molar-refractivity contribution in [3.05, 3.63) is 82.6 Å². The van der Waals surface area contributed by atoms with E-state index in [0.29, 0.717) is 0 Å². The van der Waals surface area contributed by atoms with E-state index in [-0.39, 0.29) is 11.9 Å². The molecular weight excluding hydrogens is 444 g/mol. The first-order chi connectivity index (χ1) is 17.2. The number of para-hydroxylation sites is 1. The molecule has 198 valence electrons. The second-order valence-corrected chi connectivity index (χ2v) is 9.48. The number of fused-ring (bicyclic) bond motifs is 3. The number of carbonyl (C=O) groups excluding carboxylic acids is 1. The number of H-pyrrole nitrogens is 1. The number of allylic oxidation sites excluding steroid dienone is 6. The molecule has 0 bridgehead atoms. The average Bonchev–Trinajstić information content (AvgIpc) is 3.23. The summed E-state index contributed by atoms with van der Waals surface area (Å²) in [7, 11) is 3.62. The van der Waals surface area contributed by atoms with E-state index in [4.69, 9.17) is 4.74 Å². The number of nitrogens with zero attached hydrogens (tertiary/aromatic N) is 1. The Morgan fingerprint density at radius 2 is 1.81 bits per heavy atom. The number of hydrogen-bond acceptors (Lipinski definition) is 3. The molecule has 36 heavy (non-hydrogen) atoms. The number of esters is 1. The van der Waals surface area contributed by atoms with Gasteiger partial charge < -0.3 is 9.72 Å². The maximum Gasteiger partial charge on any atom is 0.314 e. The predicted molar refractivity (Wildman–Crippen MR) is 156 cm³/mol. The molecule has 1 N–H and O–H groups in total. The van der Waals surface area contributed by atoms with Crippen LogP contribution in [0.1, 0.15) is 84.9 Å². The molecule has 1 aromatic carbocycles. The van der Waals surface area contributed by atoms with Crippen LogP contribution in [0.25, 0.3) is 10.9 Å². The van der Waals surface area contributed by atoms with Crippen LogP contribution in [0.15, 0.2) is 71.4 Å². The van der Waals surface area contributed by atoms with Crippen LogP contribution in [0, 0.1) is 0 Å². The van der Waals surface area contributed by atoms with Crippen LogP contribution in [-0.4, -0.2) is 36.6 Å². The van der Waals surface area contributed by atoms with Gasteiger partial charge in [0.15, 0.2) is 0 Å². The van der Waals surface area contributed by atoms with Crippen molar-refractivity contribution in [2.75, 3.05) is 20.7 Å². The van der Waals surface area contributed by atoms with Crippen molar-refractivity contribution >= 4 is 16.9 Å². The molecule has 4 heteroatoms. The predicted octanol–water partition coefficient (Wildman–Crippen LogP) is 8.49. The van der Waals surface area contributed by atoms with E-state index in [2.05, 4.69) is 87.6 Å². The fourth-order valence-corrected chi connectivity index (χ4v) is 4.09. The standard InChI is InChI=1S/C20H26N2O2.C10H16.C2H6/c1-4-14-8-7-10-16(20(23)24-3)19-17(13-22(2)12-14)15-9-5-6-11-18(15)21-19;1-8(2)6-7-10(5)9(3)4;1-2/h5-6,8-9,11,16,21H,4,7,10,12-13H2,1-3H3;6-7H,3H2,1-2,4-5H3;1-2H3/b14-8-;10-7-;/t16-;;/m1../s1. The second kappa shape index (κ2) is 16.0. The third kappa shape index (κ3) is 9.31. The molecule has 0 radical (unpaired) electrons. The van der Waals surface area contributed by atoms with E-state index in [1.165, 1.54) is 34.8 Å². The summed E-state index contributed by atoms with van der Waals surface area (Å²) in [5, 5.41) is 1.20. The minimum atomic E-state index is -0.238. The molecule has 1 aromatic heterocycles. The molecule has 0 unspecified atom stereocenters. The van der Waals surface area contributed by atoms with Crippen molar-refractivity contribution in [1.29, 1.82) is 0 Å². The highest BCUT2D eigenvalue weighted by Gasteiger charge is 2.27. The summed E-state index contributed by atoms with van der Waals surface area (Å²) >= 11 is 0. The summed E-state index contributed by atoms with van der Waals surface area (Å²) in [6.45, 7) is 20.1. The lowest BCUT2D eigenvalue weighted by Gasteiger charge is -2.23. The summed E-state index contributed by atoms with van der Waals surface area (Å²) < 4.78 is 5.10. The largest absolute Gasteiger partial charge is 0.469 e. The molecule has 0 aliphatic carbocycles. The van der Waals surface area contributed by atoms with Gasteiger partial charge in [0, 0.05) is 29.7 Å². The van der Waals surface area contributed by atoms with Crippen LogP contribution in [0.3, 0.4) is 0 Å². The van der Waals surface area contributed by atoms with Gasteiger partial charge in [0.05, 0.1) is 13.0 Å². The van der Waals surface area contributed by atoms with Gasteiger partial charge in [0.1, 0.15) is 0 Å². The maximum atomic E-state index is 12.4. The maximum absolute atomic E-state index is 12.4. The van der Waals surface area contributed by atoms with Crippen molar-refractivity contribution in [1.82, 2.24) is 9.88 Å². The Morgan fingerprint density at radius 3 is 2.39 bits per heavy atom. The molecule has 0 saturated heterocycles. The number of aromatic nitrogens is 1. The number of likely N-dealkylation sites (N-methyl/N-ethyl adjacent to an activating group) is 1. The topological polar surface area (TPSA) is 45.3 Å². The van der Waals surface area contributed by atoms with Crippen LogP contribution in [0.4, 0.5) is 0 Å². The third-order valence-corrected chi connectivity index (χ3v) is 6.26. The lowest BCUT2D eigenvalue weighted by Crippen LogP contribution is -2.24. The fraction of sp³-hybridized carbons (Fsp3) is 0.469. The highest BCUT2D eigenvalue weighted by molar-refractivity contribution is 5.88. The first-order valence-corrected chi connectivity index (χ1v) is 13.2. The number of aromatic amines is 1. The number of methoxy groups -OCH3 is 1. The smallest absolute Gasteiger partial charge is 0.314 e. The van der Waals surface area contributed by atoms with Crippen LogP contribution in [0.5, 0.6) is 0 Å². The molecule has 0 saturated carbocycles. The summed E-state index contributed by atoms with van der Waals surface area (Å²) in [6.07, 6.45) is 9.21. The minimum Gasteiger partial charge on any atom is -0.469 e. The number of carbonyl (C=O) groups is 1. The van der Waals surface area contributed by atoms with Gasteiger partial charge in [-0.05, 0) is 71.2 Å². The molecule has 1 atom stereocenters. The molecule has 1 aliphatic rings. The van der Waals surface area contributed by atoms with Gasteiger partial charge in [-0.15, -0.1) is 0 Å². The first-order valence-electron chi connectivity index (χ1n) is 13.2. The zero-order valence-corrected chi connectivity index (χ0v) is 24.1. The van der Waals surface area contributed by atoms with E-state index in [1.807, 2.05) is 26.8 Å². The summed E-state index contributed by atoms with van der Waals surface area (Å²) in [5.41, 5.74) is 8.47. The zero-order valence-electron chi connectivity index (χ0n) is 24.1. The lowest BCUT2D eigenvalue weighted by molar-refractivity contribution is -0.142. The quantitative estimate of drug-likeness (QED) is 0.264. The summed E-state index contributed by atoms with van der Waals surface area (Å²) in [4.78, 5) is 18.2. The van der Waals surface area contributed by atoms with E-state index in [0.717, 1.165) is 49.1 Å². The Kier molecular flexibility index (Phi) is 13.9. The highest BCUT2D eigenvalue weighted by Crippen LogP contribution is 2.33. The van der Waals surface area contributed by atoms with Gasteiger partial charge in [-0.1, -0.05) is 80.5 Å². The summed E-state index contributed by atoms with van der Waals surface area (Å²) in [5.74, 6) is -0.393. The van der Waals surface area contributed by atoms with Crippen LogP contribution < -0.4 is 0 Å². The normalized spacial score (nSPS) is 17.8. The van der Waals surface area contributed by atoms with Crippen LogP contribution in [0.2, 0.25) is 0 Å². The average molecular weight is 493 g/mol. The second-order valence-electron chi connectivity index (χ2n) is 9.48. The number of benzene rings is 1. The lowest BCUT2D eigenvalue weighted by atomic mass is 9.93. The summed E-state index contributed by atoms with van der Waals surface area (Å²) in [6, 6.07) is 8.29. The SMILES string of the molecule is C=C(C)/C(C)=C\C=C(C)C.CC.CC/C1=C/CC[C@@H](C(=O)OC)c2[nH]c3ccccc3c2CN(C)C1. The highest BCUT2D eigenvalue weighted by atomic mass is 16.5. The number of ether oxygens (including phenoxy) is 1.